The molecule has 1 saturated heterocycles. The summed E-state index contributed by atoms with van der Waals surface area (Å²) in [5.41, 5.74) is 3.01. The summed E-state index contributed by atoms with van der Waals surface area (Å²) in [7, 11) is 0. The SMILES string of the molecule is Cc1cccc(C)c1NC(=O)NCCCO[C@H]1CCCCO1. The molecular weight excluding hydrogens is 280 g/mol. The first kappa shape index (κ1) is 16.8. The predicted molar refractivity (Wildman–Crippen MR) is 87.1 cm³/mol. The van der Waals surface area contributed by atoms with Crippen molar-refractivity contribution in [2.45, 2.75) is 45.8 Å². The number of para-hydroxylation sites is 1. The molecule has 5 nitrogen and oxygen atoms in total. The highest BCUT2D eigenvalue weighted by Crippen LogP contribution is 2.19. The van der Waals surface area contributed by atoms with E-state index in [9.17, 15) is 4.79 Å². The molecule has 1 aliphatic rings. The zero-order valence-corrected chi connectivity index (χ0v) is 13.5. The number of aryl methyl sites for hydroxylation is 2. The fourth-order valence-electron chi connectivity index (χ4n) is 2.50. The van der Waals surface area contributed by atoms with Crippen molar-refractivity contribution >= 4 is 11.7 Å². The molecule has 1 atom stereocenters. The lowest BCUT2D eigenvalue weighted by Gasteiger charge is -2.22. The topological polar surface area (TPSA) is 59.6 Å². The molecule has 0 spiro atoms. The van der Waals surface area contributed by atoms with Crippen molar-refractivity contribution in [3.63, 3.8) is 0 Å². The summed E-state index contributed by atoms with van der Waals surface area (Å²) in [6.45, 7) is 5.96. The van der Waals surface area contributed by atoms with E-state index in [2.05, 4.69) is 10.6 Å². The summed E-state index contributed by atoms with van der Waals surface area (Å²) in [5.74, 6) is 0. The molecule has 0 bridgehead atoms. The molecule has 1 aromatic carbocycles. The van der Waals surface area contributed by atoms with Crippen LogP contribution >= 0.6 is 0 Å². The number of ether oxygens (including phenoxy) is 2. The Labute approximate surface area is 132 Å². The molecule has 1 heterocycles. The summed E-state index contributed by atoms with van der Waals surface area (Å²) in [4.78, 5) is 11.9. The minimum Gasteiger partial charge on any atom is -0.353 e. The second kappa shape index (κ2) is 8.76. The van der Waals surface area contributed by atoms with Crippen LogP contribution in [0.1, 0.15) is 36.8 Å². The highest BCUT2D eigenvalue weighted by atomic mass is 16.7. The van der Waals surface area contributed by atoms with Crippen LogP contribution < -0.4 is 10.6 Å². The van der Waals surface area contributed by atoms with E-state index < -0.39 is 0 Å². The third-order valence-electron chi connectivity index (χ3n) is 3.77. The molecule has 122 valence electrons. The Balaban J connectivity index is 1.61. The summed E-state index contributed by atoms with van der Waals surface area (Å²) in [6, 6.07) is 5.78. The normalized spacial score (nSPS) is 18.0. The Bertz CT molecular complexity index is 465. The molecule has 0 unspecified atom stereocenters. The smallest absolute Gasteiger partial charge is 0.319 e. The van der Waals surface area contributed by atoms with Crippen LogP contribution in [0.4, 0.5) is 10.5 Å². The number of urea groups is 1. The minimum atomic E-state index is -0.175. The van der Waals surface area contributed by atoms with Crippen molar-refractivity contribution < 1.29 is 14.3 Å². The third kappa shape index (κ3) is 5.31. The molecule has 2 amide bonds. The molecule has 5 heteroatoms. The third-order valence-corrected chi connectivity index (χ3v) is 3.77. The quantitative estimate of drug-likeness (QED) is 0.792. The Morgan fingerprint density at radius 1 is 1.32 bits per heavy atom. The lowest BCUT2D eigenvalue weighted by atomic mass is 10.1. The van der Waals surface area contributed by atoms with Gasteiger partial charge in [-0.15, -0.1) is 0 Å². The van der Waals surface area contributed by atoms with Crippen molar-refractivity contribution in [3.8, 4) is 0 Å². The van der Waals surface area contributed by atoms with Gasteiger partial charge in [0.25, 0.3) is 0 Å². The fraction of sp³-hybridized carbons (Fsp3) is 0.588. The van der Waals surface area contributed by atoms with E-state index >= 15 is 0 Å². The number of carbonyl (C=O) groups excluding carboxylic acids is 1. The summed E-state index contributed by atoms with van der Waals surface area (Å²) in [5, 5.41) is 5.76. The van der Waals surface area contributed by atoms with Crippen LogP contribution in [0.15, 0.2) is 18.2 Å². The van der Waals surface area contributed by atoms with Gasteiger partial charge in [0.15, 0.2) is 6.29 Å². The zero-order chi connectivity index (χ0) is 15.8. The van der Waals surface area contributed by atoms with Gasteiger partial charge in [-0.3, -0.25) is 0 Å². The molecule has 1 aromatic rings. The number of rotatable bonds is 6. The lowest BCUT2D eigenvalue weighted by molar-refractivity contribution is -0.162. The molecule has 1 fully saturated rings. The van der Waals surface area contributed by atoms with Crippen LogP contribution in [0.2, 0.25) is 0 Å². The number of nitrogens with one attached hydrogen (secondary N) is 2. The number of amides is 2. The number of hydrogen-bond acceptors (Lipinski definition) is 3. The van der Waals surface area contributed by atoms with Crippen molar-refractivity contribution in [1.82, 2.24) is 5.32 Å². The summed E-state index contributed by atoms with van der Waals surface area (Å²) in [6.07, 6.45) is 3.99. The Kier molecular flexibility index (Phi) is 6.68. The zero-order valence-electron chi connectivity index (χ0n) is 13.5. The molecule has 22 heavy (non-hydrogen) atoms. The standard InChI is InChI=1S/C17H26N2O3/c1-13-7-5-8-14(2)16(13)19-17(20)18-10-6-12-22-15-9-3-4-11-21-15/h5,7-8,15H,3-4,6,9-12H2,1-2H3,(H2,18,19,20)/t15-/m0/s1. The molecular formula is C17H26N2O3. The van der Waals surface area contributed by atoms with Gasteiger partial charge in [-0.25, -0.2) is 4.79 Å². The van der Waals surface area contributed by atoms with E-state index in [0.717, 1.165) is 42.7 Å². The molecule has 1 aliphatic heterocycles. The van der Waals surface area contributed by atoms with E-state index in [4.69, 9.17) is 9.47 Å². The average molecular weight is 306 g/mol. The van der Waals surface area contributed by atoms with Crippen LogP contribution in [-0.2, 0) is 9.47 Å². The number of anilines is 1. The maximum absolute atomic E-state index is 11.9. The van der Waals surface area contributed by atoms with E-state index in [1.807, 2.05) is 32.0 Å². The molecule has 0 radical (unpaired) electrons. The highest BCUT2D eigenvalue weighted by Gasteiger charge is 2.13. The summed E-state index contributed by atoms with van der Waals surface area (Å²) < 4.78 is 11.1. The van der Waals surface area contributed by atoms with E-state index in [1.165, 1.54) is 6.42 Å². The Morgan fingerprint density at radius 3 is 2.77 bits per heavy atom. The largest absolute Gasteiger partial charge is 0.353 e. The van der Waals surface area contributed by atoms with Gasteiger partial charge in [0.2, 0.25) is 0 Å². The van der Waals surface area contributed by atoms with Crippen molar-refractivity contribution in [2.75, 3.05) is 25.1 Å². The molecule has 0 saturated carbocycles. The van der Waals surface area contributed by atoms with Gasteiger partial charge in [-0.1, -0.05) is 18.2 Å². The predicted octanol–water partition coefficient (Wildman–Crippen LogP) is 3.36. The minimum absolute atomic E-state index is 0.0582. The molecule has 2 rings (SSSR count). The molecule has 2 N–H and O–H groups in total. The van der Waals surface area contributed by atoms with Crippen LogP contribution in [0.5, 0.6) is 0 Å². The van der Waals surface area contributed by atoms with Gasteiger partial charge in [0, 0.05) is 18.8 Å². The molecule has 0 aromatic heterocycles. The van der Waals surface area contributed by atoms with Crippen LogP contribution in [-0.4, -0.2) is 32.1 Å². The van der Waals surface area contributed by atoms with Gasteiger partial charge in [-0.05, 0) is 50.7 Å². The molecule has 0 aliphatic carbocycles. The van der Waals surface area contributed by atoms with E-state index in [0.29, 0.717) is 13.2 Å². The second-order valence-electron chi connectivity index (χ2n) is 5.67. The second-order valence-corrected chi connectivity index (χ2v) is 5.67. The van der Waals surface area contributed by atoms with Crippen molar-refractivity contribution in [1.29, 1.82) is 0 Å². The highest BCUT2D eigenvalue weighted by molar-refractivity contribution is 5.90. The number of hydrogen-bond donors (Lipinski definition) is 2. The average Bonchev–Trinajstić information content (AvgIpc) is 2.52. The maximum atomic E-state index is 11.9. The lowest BCUT2D eigenvalue weighted by Crippen LogP contribution is -2.31. The Hall–Kier alpha value is -1.59. The van der Waals surface area contributed by atoms with Crippen LogP contribution in [0.3, 0.4) is 0 Å². The van der Waals surface area contributed by atoms with Gasteiger partial charge in [-0.2, -0.15) is 0 Å². The van der Waals surface area contributed by atoms with Crippen LogP contribution in [0, 0.1) is 13.8 Å². The van der Waals surface area contributed by atoms with Gasteiger partial charge < -0.3 is 20.1 Å². The first-order valence-electron chi connectivity index (χ1n) is 8.01. The van der Waals surface area contributed by atoms with Gasteiger partial charge in [0.1, 0.15) is 0 Å². The van der Waals surface area contributed by atoms with Crippen LogP contribution in [0.25, 0.3) is 0 Å². The number of benzene rings is 1. The van der Waals surface area contributed by atoms with Crippen molar-refractivity contribution in [2.24, 2.45) is 0 Å². The Morgan fingerprint density at radius 2 is 2.09 bits per heavy atom. The van der Waals surface area contributed by atoms with Gasteiger partial charge >= 0.3 is 6.03 Å². The fourth-order valence-corrected chi connectivity index (χ4v) is 2.50. The monoisotopic (exact) mass is 306 g/mol. The first-order valence-corrected chi connectivity index (χ1v) is 8.01. The van der Waals surface area contributed by atoms with E-state index in [1.54, 1.807) is 0 Å². The maximum Gasteiger partial charge on any atom is 0.319 e. The number of carbonyl (C=O) groups is 1. The first-order chi connectivity index (χ1) is 10.7. The van der Waals surface area contributed by atoms with E-state index in [-0.39, 0.29) is 12.3 Å². The summed E-state index contributed by atoms with van der Waals surface area (Å²) >= 11 is 0. The van der Waals surface area contributed by atoms with Gasteiger partial charge in [0.05, 0.1) is 6.61 Å². The van der Waals surface area contributed by atoms with Crippen molar-refractivity contribution in [3.05, 3.63) is 29.3 Å².